The Hall–Kier alpha value is -1.10. The molecule has 0 spiro atoms. The summed E-state index contributed by atoms with van der Waals surface area (Å²) in [6.45, 7) is 3.87. The summed E-state index contributed by atoms with van der Waals surface area (Å²) >= 11 is 0. The van der Waals surface area contributed by atoms with E-state index in [1.807, 2.05) is 6.92 Å². The van der Waals surface area contributed by atoms with Crippen LogP contribution in [0.5, 0.6) is 0 Å². The average molecular weight is 268 g/mol. The van der Waals surface area contributed by atoms with Crippen LogP contribution in [0.1, 0.15) is 45.4 Å². The first-order valence-electron chi connectivity index (χ1n) is 7.27. The van der Waals surface area contributed by atoms with E-state index in [1.54, 1.807) is 0 Å². The van der Waals surface area contributed by atoms with Crippen LogP contribution in [0.4, 0.5) is 0 Å². The third-order valence-corrected chi connectivity index (χ3v) is 5.00. The average Bonchev–Trinajstić information content (AvgIpc) is 3.06. The molecule has 1 unspecified atom stereocenters. The van der Waals surface area contributed by atoms with Gasteiger partial charge in [0.05, 0.1) is 10.8 Å². The lowest BCUT2D eigenvalue weighted by Crippen LogP contribution is -2.48. The fourth-order valence-corrected chi connectivity index (χ4v) is 3.35. The Bertz CT molecular complexity index is 356. The topological polar surface area (TPSA) is 78.4 Å². The summed E-state index contributed by atoms with van der Waals surface area (Å²) in [6.07, 6.45) is 4.90. The van der Waals surface area contributed by atoms with Crippen molar-refractivity contribution in [3.8, 4) is 0 Å². The van der Waals surface area contributed by atoms with Crippen LogP contribution in [-0.4, -0.2) is 36.6 Å². The van der Waals surface area contributed by atoms with Crippen molar-refractivity contribution in [3.05, 3.63) is 0 Å². The van der Waals surface area contributed by atoms with Crippen molar-refractivity contribution in [1.29, 1.82) is 0 Å². The molecule has 1 amide bonds. The summed E-state index contributed by atoms with van der Waals surface area (Å²) in [5, 5.41) is 15.5. The summed E-state index contributed by atoms with van der Waals surface area (Å²) in [5.41, 5.74) is -1.06. The standard InChI is InChI=1S/C14H24N2O3/c1-2-13(7-8-15-9-13)11(17)16-10-14(12(18)19)5-3-4-6-14/h15H,2-10H2,1H3,(H,16,17)(H,18,19). The van der Waals surface area contributed by atoms with Crippen LogP contribution >= 0.6 is 0 Å². The van der Waals surface area contributed by atoms with Gasteiger partial charge in [-0.1, -0.05) is 19.8 Å². The molecule has 2 fully saturated rings. The summed E-state index contributed by atoms with van der Waals surface area (Å²) in [4.78, 5) is 23.8. The number of hydrogen-bond acceptors (Lipinski definition) is 3. The van der Waals surface area contributed by atoms with Gasteiger partial charge in [-0.3, -0.25) is 9.59 Å². The Labute approximate surface area is 114 Å². The number of carboxylic acids is 1. The molecule has 5 nitrogen and oxygen atoms in total. The quantitative estimate of drug-likeness (QED) is 0.698. The maximum atomic E-state index is 12.4. The number of hydrogen-bond donors (Lipinski definition) is 3. The molecular formula is C14H24N2O3. The minimum atomic E-state index is -0.764. The fraction of sp³-hybridized carbons (Fsp3) is 0.857. The van der Waals surface area contributed by atoms with Crippen molar-refractivity contribution in [3.63, 3.8) is 0 Å². The van der Waals surface area contributed by atoms with Crippen LogP contribution in [0, 0.1) is 10.8 Å². The van der Waals surface area contributed by atoms with E-state index in [4.69, 9.17) is 0 Å². The van der Waals surface area contributed by atoms with E-state index in [1.165, 1.54) is 0 Å². The number of carbonyl (C=O) groups excluding carboxylic acids is 1. The number of amides is 1. The number of carbonyl (C=O) groups is 2. The lowest BCUT2D eigenvalue weighted by molar-refractivity contribution is -0.148. The Kier molecular flexibility index (Phi) is 4.13. The van der Waals surface area contributed by atoms with E-state index < -0.39 is 11.4 Å². The molecule has 1 aliphatic heterocycles. The second kappa shape index (κ2) is 5.49. The van der Waals surface area contributed by atoms with Gasteiger partial charge in [0.25, 0.3) is 0 Å². The maximum Gasteiger partial charge on any atom is 0.311 e. The molecule has 1 heterocycles. The molecular weight excluding hydrogens is 244 g/mol. The van der Waals surface area contributed by atoms with Crippen molar-refractivity contribution in [2.75, 3.05) is 19.6 Å². The van der Waals surface area contributed by atoms with Crippen molar-refractivity contribution in [2.24, 2.45) is 10.8 Å². The highest BCUT2D eigenvalue weighted by atomic mass is 16.4. The zero-order valence-electron chi connectivity index (χ0n) is 11.6. The normalized spacial score (nSPS) is 29.3. The number of nitrogens with one attached hydrogen (secondary N) is 2. The molecule has 0 radical (unpaired) electrons. The van der Waals surface area contributed by atoms with Crippen LogP contribution in [0.15, 0.2) is 0 Å². The summed E-state index contributed by atoms with van der Waals surface area (Å²) < 4.78 is 0. The van der Waals surface area contributed by atoms with Gasteiger partial charge in [0.1, 0.15) is 0 Å². The van der Waals surface area contributed by atoms with Crippen LogP contribution in [-0.2, 0) is 9.59 Å². The lowest BCUT2D eigenvalue weighted by Gasteiger charge is -2.29. The third kappa shape index (κ3) is 2.61. The highest BCUT2D eigenvalue weighted by Gasteiger charge is 2.44. The SMILES string of the molecule is CCC1(C(=O)NCC2(C(=O)O)CCCC2)CCNC1. The van der Waals surface area contributed by atoms with Gasteiger partial charge in [-0.05, 0) is 32.2 Å². The predicted molar refractivity (Wildman–Crippen MR) is 71.8 cm³/mol. The summed E-state index contributed by atoms with van der Waals surface area (Å²) in [7, 11) is 0. The first-order chi connectivity index (χ1) is 9.05. The molecule has 2 rings (SSSR count). The van der Waals surface area contributed by atoms with Crippen LogP contribution in [0.3, 0.4) is 0 Å². The van der Waals surface area contributed by atoms with Gasteiger partial charge in [-0.2, -0.15) is 0 Å². The molecule has 0 aromatic heterocycles. The third-order valence-electron chi connectivity index (χ3n) is 5.00. The Morgan fingerprint density at radius 1 is 1.21 bits per heavy atom. The largest absolute Gasteiger partial charge is 0.481 e. The number of aliphatic carboxylic acids is 1. The number of carboxylic acid groups (broad SMARTS) is 1. The summed E-state index contributed by atoms with van der Waals surface area (Å²) in [5.74, 6) is -0.743. The van der Waals surface area contributed by atoms with E-state index in [0.717, 1.165) is 32.2 Å². The van der Waals surface area contributed by atoms with Gasteiger partial charge >= 0.3 is 5.97 Å². The van der Waals surface area contributed by atoms with E-state index >= 15 is 0 Å². The molecule has 1 atom stereocenters. The van der Waals surface area contributed by atoms with Crippen LogP contribution in [0.25, 0.3) is 0 Å². The van der Waals surface area contributed by atoms with Crippen molar-refractivity contribution in [2.45, 2.75) is 45.4 Å². The maximum absolute atomic E-state index is 12.4. The Morgan fingerprint density at radius 3 is 2.37 bits per heavy atom. The molecule has 19 heavy (non-hydrogen) atoms. The first-order valence-corrected chi connectivity index (χ1v) is 7.27. The second-order valence-electron chi connectivity index (χ2n) is 6.04. The Balaban J connectivity index is 1.97. The van der Waals surface area contributed by atoms with E-state index in [2.05, 4.69) is 10.6 Å². The highest BCUT2D eigenvalue weighted by Crippen LogP contribution is 2.38. The first kappa shape index (κ1) is 14.3. The summed E-state index contributed by atoms with van der Waals surface area (Å²) in [6, 6.07) is 0. The molecule has 0 aromatic carbocycles. The zero-order chi connectivity index (χ0) is 13.9. The monoisotopic (exact) mass is 268 g/mol. The van der Waals surface area contributed by atoms with Gasteiger partial charge < -0.3 is 15.7 Å². The zero-order valence-corrected chi connectivity index (χ0v) is 11.6. The van der Waals surface area contributed by atoms with Gasteiger partial charge in [0.15, 0.2) is 0 Å². The van der Waals surface area contributed by atoms with Crippen LogP contribution in [0.2, 0.25) is 0 Å². The van der Waals surface area contributed by atoms with Crippen LogP contribution < -0.4 is 10.6 Å². The molecule has 0 bridgehead atoms. The minimum Gasteiger partial charge on any atom is -0.481 e. The highest BCUT2D eigenvalue weighted by molar-refractivity contribution is 5.84. The lowest BCUT2D eigenvalue weighted by atomic mass is 9.82. The molecule has 1 saturated carbocycles. The molecule has 1 saturated heterocycles. The molecule has 108 valence electrons. The molecule has 3 N–H and O–H groups in total. The number of rotatable bonds is 5. The molecule has 1 aliphatic carbocycles. The molecule has 2 aliphatic rings. The Morgan fingerprint density at radius 2 is 1.89 bits per heavy atom. The molecule has 5 heteroatoms. The predicted octanol–water partition coefficient (Wildman–Crippen LogP) is 1.14. The smallest absolute Gasteiger partial charge is 0.311 e. The van der Waals surface area contributed by atoms with Crippen molar-refractivity contribution < 1.29 is 14.7 Å². The molecule has 0 aromatic rings. The van der Waals surface area contributed by atoms with Crippen molar-refractivity contribution in [1.82, 2.24) is 10.6 Å². The fourth-order valence-electron chi connectivity index (χ4n) is 3.35. The van der Waals surface area contributed by atoms with Gasteiger partial charge in [0.2, 0.25) is 5.91 Å². The minimum absolute atomic E-state index is 0.0209. The van der Waals surface area contributed by atoms with Gasteiger partial charge in [-0.15, -0.1) is 0 Å². The second-order valence-corrected chi connectivity index (χ2v) is 6.04. The van der Waals surface area contributed by atoms with Gasteiger partial charge in [0, 0.05) is 13.1 Å². The van der Waals surface area contributed by atoms with Crippen molar-refractivity contribution >= 4 is 11.9 Å². The van der Waals surface area contributed by atoms with E-state index in [-0.39, 0.29) is 17.9 Å². The van der Waals surface area contributed by atoms with E-state index in [0.29, 0.717) is 19.4 Å². The van der Waals surface area contributed by atoms with E-state index in [9.17, 15) is 14.7 Å². The van der Waals surface area contributed by atoms with Gasteiger partial charge in [-0.25, -0.2) is 0 Å².